The maximum absolute atomic E-state index is 11.4. The third-order valence-electron chi connectivity index (χ3n) is 3.20. The molecule has 0 saturated heterocycles. The molecular formula is C11H20O4. The van der Waals surface area contributed by atoms with Gasteiger partial charge in [-0.2, -0.15) is 0 Å². The lowest BCUT2D eigenvalue weighted by atomic mass is 9.91. The number of carbonyl (C=O) groups is 1. The zero-order valence-corrected chi connectivity index (χ0v) is 9.60. The van der Waals surface area contributed by atoms with E-state index in [9.17, 15) is 9.90 Å². The molecule has 15 heavy (non-hydrogen) atoms. The van der Waals surface area contributed by atoms with Gasteiger partial charge >= 0.3 is 0 Å². The summed E-state index contributed by atoms with van der Waals surface area (Å²) in [5, 5.41) is 9.88. The topological polar surface area (TPSA) is 55.8 Å². The smallest absolute Gasteiger partial charge is 0.138 e. The summed E-state index contributed by atoms with van der Waals surface area (Å²) >= 11 is 0. The molecule has 4 nitrogen and oxygen atoms in total. The SMILES string of the molecule is COC1CCC(O)C(C(C)=O)C(OC)C1. The summed E-state index contributed by atoms with van der Waals surface area (Å²) in [6.45, 7) is 1.51. The minimum atomic E-state index is -0.604. The summed E-state index contributed by atoms with van der Waals surface area (Å²) in [5.74, 6) is -0.416. The lowest BCUT2D eigenvalue weighted by Gasteiger charge is -2.25. The van der Waals surface area contributed by atoms with E-state index in [-0.39, 0.29) is 18.0 Å². The molecule has 4 atom stereocenters. The van der Waals surface area contributed by atoms with Crippen molar-refractivity contribution in [3.05, 3.63) is 0 Å². The Kier molecular flexibility index (Phi) is 4.70. The Morgan fingerprint density at radius 3 is 2.40 bits per heavy atom. The predicted octanol–water partition coefficient (Wildman–Crippen LogP) is 0.766. The lowest BCUT2D eigenvalue weighted by molar-refractivity contribution is -0.131. The molecule has 0 amide bonds. The number of Topliss-reactive ketones (excluding diaryl/α,β-unsaturated/α-hetero) is 1. The molecule has 0 heterocycles. The Labute approximate surface area is 90.6 Å². The number of methoxy groups -OCH3 is 2. The number of hydrogen-bond donors (Lipinski definition) is 1. The molecule has 1 aliphatic carbocycles. The summed E-state index contributed by atoms with van der Waals surface area (Å²) < 4.78 is 10.6. The highest BCUT2D eigenvalue weighted by Gasteiger charge is 2.37. The quantitative estimate of drug-likeness (QED) is 0.708. The summed E-state index contributed by atoms with van der Waals surface area (Å²) in [6.07, 6.45) is 1.30. The van der Waals surface area contributed by atoms with Crippen molar-refractivity contribution in [2.45, 2.75) is 44.5 Å². The first kappa shape index (κ1) is 12.6. The van der Waals surface area contributed by atoms with Gasteiger partial charge in [0.25, 0.3) is 0 Å². The van der Waals surface area contributed by atoms with Gasteiger partial charge in [-0.15, -0.1) is 0 Å². The molecule has 1 N–H and O–H groups in total. The normalized spacial score (nSPS) is 37.3. The number of hydrogen-bond acceptors (Lipinski definition) is 4. The molecular weight excluding hydrogens is 196 g/mol. The molecule has 1 aliphatic rings. The fourth-order valence-electron chi connectivity index (χ4n) is 2.30. The highest BCUT2D eigenvalue weighted by Crippen LogP contribution is 2.28. The zero-order valence-electron chi connectivity index (χ0n) is 9.60. The van der Waals surface area contributed by atoms with Gasteiger partial charge in [0.1, 0.15) is 5.78 Å². The van der Waals surface area contributed by atoms with E-state index in [4.69, 9.17) is 9.47 Å². The van der Waals surface area contributed by atoms with Gasteiger partial charge in [-0.25, -0.2) is 0 Å². The van der Waals surface area contributed by atoms with Crippen LogP contribution in [0.3, 0.4) is 0 Å². The molecule has 4 unspecified atom stereocenters. The number of ether oxygens (including phenoxy) is 2. The van der Waals surface area contributed by atoms with Gasteiger partial charge in [0.2, 0.25) is 0 Å². The standard InChI is InChI=1S/C11H20O4/c1-7(12)11-9(13)5-4-8(14-2)6-10(11)15-3/h8-11,13H,4-6H2,1-3H3. The van der Waals surface area contributed by atoms with E-state index in [0.717, 1.165) is 6.42 Å². The van der Waals surface area contributed by atoms with Crippen molar-refractivity contribution in [1.29, 1.82) is 0 Å². The number of rotatable bonds is 3. The van der Waals surface area contributed by atoms with Crippen LogP contribution in [0.1, 0.15) is 26.2 Å². The second kappa shape index (κ2) is 5.58. The fourth-order valence-corrected chi connectivity index (χ4v) is 2.30. The van der Waals surface area contributed by atoms with E-state index in [1.165, 1.54) is 6.92 Å². The van der Waals surface area contributed by atoms with Crippen molar-refractivity contribution < 1.29 is 19.4 Å². The first-order valence-electron chi connectivity index (χ1n) is 5.34. The molecule has 0 aliphatic heterocycles. The molecule has 0 bridgehead atoms. The average molecular weight is 216 g/mol. The van der Waals surface area contributed by atoms with E-state index in [2.05, 4.69) is 0 Å². The second-order valence-corrected chi connectivity index (χ2v) is 4.15. The van der Waals surface area contributed by atoms with Crippen LogP contribution in [0, 0.1) is 5.92 Å². The van der Waals surface area contributed by atoms with Crippen molar-refractivity contribution in [1.82, 2.24) is 0 Å². The maximum Gasteiger partial charge on any atom is 0.138 e. The molecule has 88 valence electrons. The summed E-state index contributed by atoms with van der Waals surface area (Å²) in [7, 11) is 3.23. The van der Waals surface area contributed by atoms with Gasteiger partial charge in [-0.1, -0.05) is 0 Å². The van der Waals surface area contributed by atoms with Gasteiger partial charge in [0.15, 0.2) is 0 Å². The van der Waals surface area contributed by atoms with E-state index < -0.39 is 12.0 Å². The molecule has 0 aromatic heterocycles. The van der Waals surface area contributed by atoms with E-state index in [1.807, 2.05) is 0 Å². The van der Waals surface area contributed by atoms with Crippen molar-refractivity contribution in [2.75, 3.05) is 14.2 Å². The third-order valence-corrected chi connectivity index (χ3v) is 3.20. The van der Waals surface area contributed by atoms with Gasteiger partial charge in [-0.05, 0) is 19.8 Å². The van der Waals surface area contributed by atoms with Gasteiger partial charge in [-0.3, -0.25) is 4.79 Å². The van der Waals surface area contributed by atoms with Crippen LogP contribution < -0.4 is 0 Å². The first-order chi connectivity index (χ1) is 7.10. The molecule has 1 saturated carbocycles. The first-order valence-corrected chi connectivity index (χ1v) is 5.34. The van der Waals surface area contributed by atoms with Gasteiger partial charge in [0.05, 0.1) is 24.2 Å². The Hall–Kier alpha value is -0.450. The largest absolute Gasteiger partial charge is 0.392 e. The molecule has 0 aromatic rings. The fraction of sp³-hybridized carbons (Fsp3) is 0.909. The summed E-state index contributed by atoms with van der Waals surface area (Å²) in [4.78, 5) is 11.4. The molecule has 0 aromatic carbocycles. The molecule has 0 spiro atoms. The van der Waals surface area contributed by atoms with Crippen LogP contribution in [-0.2, 0) is 14.3 Å². The number of aliphatic hydroxyl groups excluding tert-OH is 1. The summed E-state index contributed by atoms with van der Waals surface area (Å²) in [6, 6.07) is 0. The average Bonchev–Trinajstić information content (AvgIpc) is 2.36. The lowest BCUT2D eigenvalue weighted by Crippen LogP contribution is -2.37. The highest BCUT2D eigenvalue weighted by molar-refractivity contribution is 5.79. The van der Waals surface area contributed by atoms with Crippen LogP contribution in [-0.4, -0.2) is 43.4 Å². The van der Waals surface area contributed by atoms with Crippen LogP contribution in [0.15, 0.2) is 0 Å². The van der Waals surface area contributed by atoms with Crippen molar-refractivity contribution in [3.63, 3.8) is 0 Å². The Balaban J connectivity index is 2.78. The number of aliphatic hydroxyl groups is 1. The number of carbonyl (C=O) groups excluding carboxylic acids is 1. The molecule has 1 fully saturated rings. The molecule has 0 radical (unpaired) electrons. The Morgan fingerprint density at radius 1 is 1.27 bits per heavy atom. The maximum atomic E-state index is 11.4. The van der Waals surface area contributed by atoms with Crippen LogP contribution >= 0.6 is 0 Å². The van der Waals surface area contributed by atoms with Crippen LogP contribution in [0.25, 0.3) is 0 Å². The monoisotopic (exact) mass is 216 g/mol. The van der Waals surface area contributed by atoms with Crippen molar-refractivity contribution >= 4 is 5.78 Å². The highest BCUT2D eigenvalue weighted by atomic mass is 16.5. The summed E-state index contributed by atoms with van der Waals surface area (Å²) in [5.41, 5.74) is 0. The van der Waals surface area contributed by atoms with Crippen LogP contribution in [0.5, 0.6) is 0 Å². The van der Waals surface area contributed by atoms with E-state index in [0.29, 0.717) is 12.8 Å². The molecule has 4 heteroatoms. The minimum Gasteiger partial charge on any atom is -0.392 e. The van der Waals surface area contributed by atoms with Crippen molar-refractivity contribution in [3.8, 4) is 0 Å². The van der Waals surface area contributed by atoms with Crippen molar-refractivity contribution in [2.24, 2.45) is 5.92 Å². The second-order valence-electron chi connectivity index (χ2n) is 4.15. The predicted molar refractivity (Wildman–Crippen MR) is 55.6 cm³/mol. The third kappa shape index (κ3) is 3.00. The number of ketones is 1. The zero-order chi connectivity index (χ0) is 11.4. The van der Waals surface area contributed by atoms with E-state index in [1.54, 1.807) is 14.2 Å². The van der Waals surface area contributed by atoms with E-state index >= 15 is 0 Å². The van der Waals surface area contributed by atoms with Gasteiger partial charge < -0.3 is 14.6 Å². The van der Waals surface area contributed by atoms with Crippen LogP contribution in [0.2, 0.25) is 0 Å². The Morgan fingerprint density at radius 2 is 1.93 bits per heavy atom. The minimum absolute atomic E-state index is 0.00824. The Bertz CT molecular complexity index is 217. The molecule has 1 rings (SSSR count). The van der Waals surface area contributed by atoms with Crippen LogP contribution in [0.4, 0.5) is 0 Å². The van der Waals surface area contributed by atoms with Gasteiger partial charge in [0, 0.05) is 20.6 Å².